The second-order valence-electron chi connectivity index (χ2n) is 6.75. The van der Waals surface area contributed by atoms with E-state index >= 15 is 0 Å². The van der Waals surface area contributed by atoms with Gasteiger partial charge in [0.2, 0.25) is 0 Å². The molecular formula is C20H42O3. The van der Waals surface area contributed by atoms with Crippen LogP contribution in [0, 0.1) is 0 Å². The maximum Gasteiger partial charge on any atom is 0.105 e. The van der Waals surface area contributed by atoms with Crippen molar-refractivity contribution in [2.24, 2.45) is 0 Å². The topological polar surface area (TPSA) is 38.7 Å². The summed E-state index contributed by atoms with van der Waals surface area (Å²) in [6, 6.07) is 0. The van der Waals surface area contributed by atoms with E-state index in [9.17, 15) is 0 Å². The predicted octanol–water partition coefficient (Wildman–Crippen LogP) is 6.75. The van der Waals surface area contributed by atoms with Crippen molar-refractivity contribution in [2.45, 2.75) is 110 Å². The predicted molar refractivity (Wildman–Crippen MR) is 98.9 cm³/mol. The van der Waals surface area contributed by atoms with Gasteiger partial charge in [-0.1, -0.05) is 103 Å². The van der Waals surface area contributed by atoms with Crippen molar-refractivity contribution in [1.82, 2.24) is 0 Å². The molecule has 3 heteroatoms. The highest BCUT2D eigenvalue weighted by Crippen LogP contribution is 2.13. The first kappa shape index (κ1) is 22.9. The van der Waals surface area contributed by atoms with Crippen molar-refractivity contribution in [3.63, 3.8) is 0 Å². The zero-order chi connectivity index (χ0) is 16.8. The van der Waals surface area contributed by atoms with Gasteiger partial charge in [0.25, 0.3) is 0 Å². The Morgan fingerprint density at radius 3 is 1.26 bits per heavy atom. The van der Waals surface area contributed by atoms with Gasteiger partial charge < -0.3 is 4.74 Å². The lowest BCUT2D eigenvalue weighted by molar-refractivity contribution is -0.249. The summed E-state index contributed by atoms with van der Waals surface area (Å²) in [4.78, 5) is 3.95. The standard InChI is InChI=1S/C20H42O3/c1-2-3-4-5-6-7-8-9-10-11-12-13-14-15-16-17-18-22-19-20-23-21/h21H,2-20H2,1H3. The molecule has 0 aliphatic rings. The summed E-state index contributed by atoms with van der Waals surface area (Å²) < 4.78 is 5.31. The maximum absolute atomic E-state index is 8.13. The summed E-state index contributed by atoms with van der Waals surface area (Å²) in [5.74, 6) is 0. The van der Waals surface area contributed by atoms with Gasteiger partial charge in [-0.25, -0.2) is 4.89 Å². The fourth-order valence-corrected chi connectivity index (χ4v) is 2.95. The lowest BCUT2D eigenvalue weighted by Crippen LogP contribution is -2.03. The smallest absolute Gasteiger partial charge is 0.105 e. The Hall–Kier alpha value is -0.120. The monoisotopic (exact) mass is 330 g/mol. The van der Waals surface area contributed by atoms with Crippen molar-refractivity contribution >= 4 is 0 Å². The normalized spacial score (nSPS) is 11.2. The molecule has 0 saturated heterocycles. The highest BCUT2D eigenvalue weighted by atomic mass is 17.1. The number of rotatable bonds is 20. The molecule has 0 saturated carbocycles. The molecule has 0 bridgehead atoms. The van der Waals surface area contributed by atoms with Crippen LogP contribution in [0.2, 0.25) is 0 Å². The minimum absolute atomic E-state index is 0.277. The summed E-state index contributed by atoms with van der Waals surface area (Å²) in [7, 11) is 0. The zero-order valence-corrected chi connectivity index (χ0v) is 15.7. The molecule has 0 atom stereocenters. The Bertz CT molecular complexity index is 177. The van der Waals surface area contributed by atoms with E-state index in [1.807, 2.05) is 0 Å². The average molecular weight is 331 g/mol. The highest BCUT2D eigenvalue weighted by molar-refractivity contribution is 4.49. The van der Waals surface area contributed by atoms with Gasteiger partial charge in [-0.15, -0.1) is 0 Å². The van der Waals surface area contributed by atoms with E-state index in [4.69, 9.17) is 9.99 Å². The third kappa shape index (κ3) is 21.9. The molecule has 23 heavy (non-hydrogen) atoms. The van der Waals surface area contributed by atoms with Gasteiger partial charge in [0.15, 0.2) is 0 Å². The van der Waals surface area contributed by atoms with Crippen LogP contribution in [0.15, 0.2) is 0 Å². The van der Waals surface area contributed by atoms with Gasteiger partial charge in [-0.2, -0.15) is 0 Å². The number of hydrogen-bond acceptors (Lipinski definition) is 3. The minimum Gasteiger partial charge on any atom is -0.379 e. The quantitative estimate of drug-likeness (QED) is 0.152. The molecule has 0 fully saturated rings. The maximum atomic E-state index is 8.13. The van der Waals surface area contributed by atoms with E-state index in [1.54, 1.807) is 0 Å². The van der Waals surface area contributed by atoms with Gasteiger partial charge in [-0.05, 0) is 6.42 Å². The summed E-state index contributed by atoms with van der Waals surface area (Å²) in [5, 5.41) is 8.13. The molecule has 0 rings (SSSR count). The fourth-order valence-electron chi connectivity index (χ4n) is 2.95. The molecule has 0 spiro atoms. The summed E-state index contributed by atoms with van der Waals surface area (Å²) >= 11 is 0. The van der Waals surface area contributed by atoms with Crippen LogP contribution in [0.25, 0.3) is 0 Å². The second-order valence-corrected chi connectivity index (χ2v) is 6.75. The fraction of sp³-hybridized carbons (Fsp3) is 1.00. The molecule has 0 unspecified atom stereocenters. The van der Waals surface area contributed by atoms with Crippen LogP contribution in [0.5, 0.6) is 0 Å². The summed E-state index contributed by atoms with van der Waals surface area (Å²) in [5.41, 5.74) is 0. The van der Waals surface area contributed by atoms with Crippen LogP contribution in [0.4, 0.5) is 0 Å². The van der Waals surface area contributed by atoms with E-state index in [-0.39, 0.29) is 6.61 Å². The third-order valence-corrected chi connectivity index (χ3v) is 4.46. The second kappa shape index (κ2) is 21.9. The first-order valence-electron chi connectivity index (χ1n) is 10.3. The molecule has 3 nitrogen and oxygen atoms in total. The van der Waals surface area contributed by atoms with Crippen LogP contribution < -0.4 is 0 Å². The van der Waals surface area contributed by atoms with Crippen molar-refractivity contribution in [3.05, 3.63) is 0 Å². The first-order chi connectivity index (χ1) is 11.4. The van der Waals surface area contributed by atoms with E-state index in [0.29, 0.717) is 6.61 Å². The van der Waals surface area contributed by atoms with E-state index in [0.717, 1.165) is 13.0 Å². The first-order valence-corrected chi connectivity index (χ1v) is 10.3. The van der Waals surface area contributed by atoms with E-state index < -0.39 is 0 Å². The van der Waals surface area contributed by atoms with Gasteiger partial charge in [0, 0.05) is 6.61 Å². The molecule has 0 aromatic rings. The summed E-state index contributed by atoms with van der Waals surface area (Å²) in [6.45, 7) is 3.85. The van der Waals surface area contributed by atoms with Gasteiger partial charge in [-0.3, -0.25) is 5.26 Å². The van der Waals surface area contributed by atoms with Crippen molar-refractivity contribution in [1.29, 1.82) is 0 Å². The Morgan fingerprint density at radius 1 is 0.478 bits per heavy atom. The molecule has 0 aromatic carbocycles. The molecule has 0 aromatic heterocycles. The lowest BCUT2D eigenvalue weighted by Gasteiger charge is -2.04. The Morgan fingerprint density at radius 2 is 0.870 bits per heavy atom. The molecular weight excluding hydrogens is 288 g/mol. The Balaban J connectivity index is 2.92. The average Bonchev–Trinajstić information content (AvgIpc) is 2.57. The molecule has 0 heterocycles. The van der Waals surface area contributed by atoms with Crippen LogP contribution in [-0.4, -0.2) is 25.1 Å². The third-order valence-electron chi connectivity index (χ3n) is 4.46. The molecule has 0 radical (unpaired) electrons. The van der Waals surface area contributed by atoms with E-state index in [1.165, 1.54) is 96.3 Å². The van der Waals surface area contributed by atoms with Crippen LogP contribution in [0.3, 0.4) is 0 Å². The van der Waals surface area contributed by atoms with Crippen molar-refractivity contribution in [3.8, 4) is 0 Å². The number of unbranched alkanes of at least 4 members (excludes halogenated alkanes) is 15. The van der Waals surface area contributed by atoms with Crippen LogP contribution in [-0.2, 0) is 9.62 Å². The van der Waals surface area contributed by atoms with Crippen molar-refractivity contribution in [2.75, 3.05) is 19.8 Å². The highest BCUT2D eigenvalue weighted by Gasteiger charge is 1.95. The summed E-state index contributed by atoms with van der Waals surface area (Å²) in [6.07, 6.45) is 22.3. The lowest BCUT2D eigenvalue weighted by atomic mass is 10.0. The van der Waals surface area contributed by atoms with Gasteiger partial charge >= 0.3 is 0 Å². The van der Waals surface area contributed by atoms with E-state index in [2.05, 4.69) is 11.8 Å². The van der Waals surface area contributed by atoms with Gasteiger partial charge in [0.05, 0.1) is 6.61 Å². The Labute approximate surface area is 145 Å². The number of hydrogen-bond donors (Lipinski definition) is 1. The van der Waals surface area contributed by atoms with Crippen LogP contribution >= 0.6 is 0 Å². The van der Waals surface area contributed by atoms with Gasteiger partial charge in [0.1, 0.15) is 6.61 Å². The van der Waals surface area contributed by atoms with Crippen LogP contribution in [0.1, 0.15) is 110 Å². The SMILES string of the molecule is CCCCCCCCCCCCCCCCCCOCCOO. The molecule has 0 aliphatic carbocycles. The molecule has 140 valence electrons. The molecule has 0 amide bonds. The minimum atomic E-state index is 0.277. The Kier molecular flexibility index (Phi) is 21.8. The molecule has 1 N–H and O–H groups in total. The molecule has 0 aliphatic heterocycles. The zero-order valence-electron chi connectivity index (χ0n) is 15.7. The van der Waals surface area contributed by atoms with Crippen molar-refractivity contribution < 1.29 is 14.9 Å². The largest absolute Gasteiger partial charge is 0.379 e. The number of ether oxygens (including phenoxy) is 1.